The van der Waals surface area contributed by atoms with Crippen LogP contribution in [-0.4, -0.2) is 32.8 Å². The molecule has 0 aliphatic rings. The molecule has 0 aliphatic carbocycles. The fourth-order valence-electron chi connectivity index (χ4n) is 13.9. The summed E-state index contributed by atoms with van der Waals surface area (Å²) in [4.78, 5) is 10.2. The Morgan fingerprint density at radius 3 is 0.843 bits per heavy atom. The number of para-hydroxylation sites is 8. The van der Waals surface area contributed by atoms with Gasteiger partial charge in [0.15, 0.2) is 0 Å². The average Bonchev–Trinajstić information content (AvgIpc) is 3.47. The van der Waals surface area contributed by atoms with E-state index >= 15 is 0 Å². The van der Waals surface area contributed by atoms with E-state index in [-0.39, 0.29) is 0 Å². The molecule has 0 saturated heterocycles. The first kappa shape index (κ1) is 45.6. The third kappa shape index (κ3) is 6.50. The van der Waals surface area contributed by atoms with E-state index in [9.17, 15) is 0 Å². The maximum Gasteiger partial charge on any atom is 0.145 e. The lowest BCUT2D eigenvalue weighted by Crippen LogP contribution is -2.12. The smallest absolute Gasteiger partial charge is 0.145 e. The van der Waals surface area contributed by atoms with E-state index in [0.29, 0.717) is 0 Å². The van der Waals surface area contributed by atoms with E-state index in [2.05, 4.69) is 296 Å². The molecular weight excluding hydrogens is 1010 g/mol. The molecular formula is C76H47N7. The Kier molecular flexibility index (Phi) is 9.67. The molecule has 0 bridgehead atoms. The third-order valence-corrected chi connectivity index (χ3v) is 17.4. The molecule has 0 unspecified atom stereocenters. The predicted octanol–water partition coefficient (Wildman–Crippen LogP) is 19.3. The van der Waals surface area contributed by atoms with Gasteiger partial charge in [-0.15, -0.1) is 0 Å². The van der Waals surface area contributed by atoms with Crippen molar-refractivity contribution < 1.29 is 0 Å². The maximum atomic E-state index is 5.09. The highest BCUT2D eigenvalue weighted by molar-refractivity contribution is 6.17. The highest BCUT2D eigenvalue weighted by Gasteiger charge is 2.31. The summed E-state index contributed by atoms with van der Waals surface area (Å²) in [5.41, 5.74) is 20.3. The first-order valence-corrected chi connectivity index (χ1v) is 28.3. The first-order valence-electron chi connectivity index (χ1n) is 28.3. The van der Waals surface area contributed by atoms with Gasteiger partial charge in [0.2, 0.25) is 0 Å². The number of fused-ring (bicyclic) bond motifs is 15. The van der Waals surface area contributed by atoms with Gasteiger partial charge in [-0.2, -0.15) is 0 Å². The molecule has 18 aromatic rings. The van der Waals surface area contributed by atoms with Crippen LogP contribution in [0.2, 0.25) is 0 Å². The van der Waals surface area contributed by atoms with Crippen LogP contribution in [0.3, 0.4) is 0 Å². The van der Waals surface area contributed by atoms with Crippen LogP contribution in [0, 0.1) is 0 Å². The van der Waals surface area contributed by atoms with E-state index in [1.807, 2.05) is 12.4 Å². The molecule has 7 heteroatoms. The Labute approximate surface area is 475 Å². The van der Waals surface area contributed by atoms with Crippen LogP contribution in [0.1, 0.15) is 0 Å². The van der Waals surface area contributed by atoms with Gasteiger partial charge >= 0.3 is 0 Å². The Bertz CT molecular complexity index is 5240. The molecule has 0 aliphatic heterocycles. The summed E-state index contributed by atoms with van der Waals surface area (Å²) in [5, 5.41) is 11.5. The fraction of sp³-hybridized carbons (Fsp3) is 0. The lowest BCUT2D eigenvalue weighted by Gasteiger charge is -2.28. The SMILES string of the molecule is c1ccc(-n2c3ccc(-c4cc(-c5ccc6c(c5)c5cccnc5n6-c5ccccc5)c(-n5c6ccccc6c6ccccc65)c(-n5c6ccccc6c6ccccc65)c4-n4c5ccccc5c5ccccc54)cc3c3cccnc32)cc1. The lowest BCUT2D eigenvalue weighted by atomic mass is 9.91. The van der Waals surface area contributed by atoms with Gasteiger partial charge in [-0.1, -0.05) is 158 Å². The van der Waals surface area contributed by atoms with Gasteiger partial charge in [0.1, 0.15) is 11.3 Å². The van der Waals surface area contributed by atoms with E-state index in [1.165, 1.54) is 32.3 Å². The summed E-state index contributed by atoms with van der Waals surface area (Å²) >= 11 is 0. The molecule has 0 spiro atoms. The number of aromatic nitrogens is 7. The van der Waals surface area contributed by atoms with Crippen LogP contribution in [0.25, 0.3) is 160 Å². The highest BCUT2D eigenvalue weighted by Crippen LogP contribution is 2.51. The van der Waals surface area contributed by atoms with Gasteiger partial charge in [-0.05, 0) is 126 Å². The van der Waals surface area contributed by atoms with Gasteiger partial charge in [0.25, 0.3) is 0 Å². The molecule has 18 rings (SSSR count). The minimum absolute atomic E-state index is 0.916. The predicted molar refractivity (Wildman–Crippen MR) is 345 cm³/mol. The second kappa shape index (κ2) is 17.6. The first-order chi connectivity index (χ1) is 41.2. The molecule has 0 amide bonds. The number of nitrogens with zero attached hydrogens (tertiary/aromatic N) is 7. The lowest BCUT2D eigenvalue weighted by molar-refractivity contribution is 1.05. The normalized spacial score (nSPS) is 12.1. The Balaban J connectivity index is 1.10. The van der Waals surface area contributed by atoms with Crippen LogP contribution < -0.4 is 0 Å². The second-order valence-corrected chi connectivity index (χ2v) is 21.7. The number of rotatable bonds is 7. The summed E-state index contributed by atoms with van der Waals surface area (Å²) in [5.74, 6) is 0. The van der Waals surface area contributed by atoms with Crippen molar-refractivity contribution in [2.75, 3.05) is 0 Å². The molecule has 0 N–H and O–H groups in total. The van der Waals surface area contributed by atoms with Crippen molar-refractivity contribution in [3.8, 4) is 50.7 Å². The average molecular weight is 1060 g/mol. The summed E-state index contributed by atoms with van der Waals surface area (Å²) < 4.78 is 12.3. The van der Waals surface area contributed by atoms with Crippen LogP contribution in [0.4, 0.5) is 0 Å². The van der Waals surface area contributed by atoms with Gasteiger partial charge in [-0.25, -0.2) is 9.97 Å². The summed E-state index contributed by atoms with van der Waals surface area (Å²) in [6.45, 7) is 0. The number of hydrogen-bond acceptors (Lipinski definition) is 2. The minimum atomic E-state index is 0.916. The highest BCUT2D eigenvalue weighted by atomic mass is 15.1. The van der Waals surface area contributed by atoms with Crippen LogP contribution in [-0.2, 0) is 0 Å². The Morgan fingerprint density at radius 1 is 0.205 bits per heavy atom. The molecule has 83 heavy (non-hydrogen) atoms. The molecule has 0 fully saturated rings. The van der Waals surface area contributed by atoms with E-state index in [0.717, 1.165) is 128 Å². The van der Waals surface area contributed by atoms with Crippen molar-refractivity contribution in [1.82, 2.24) is 32.8 Å². The van der Waals surface area contributed by atoms with Crippen molar-refractivity contribution in [1.29, 1.82) is 0 Å². The van der Waals surface area contributed by atoms with Crippen molar-refractivity contribution in [2.45, 2.75) is 0 Å². The van der Waals surface area contributed by atoms with Gasteiger partial charge in [0.05, 0.1) is 61.2 Å². The van der Waals surface area contributed by atoms with Crippen molar-refractivity contribution in [3.63, 3.8) is 0 Å². The zero-order valence-electron chi connectivity index (χ0n) is 44.8. The van der Waals surface area contributed by atoms with E-state index in [4.69, 9.17) is 9.97 Å². The van der Waals surface area contributed by atoms with Crippen molar-refractivity contribution in [3.05, 3.63) is 285 Å². The Morgan fingerprint density at radius 2 is 0.494 bits per heavy atom. The third-order valence-electron chi connectivity index (χ3n) is 17.4. The molecule has 0 radical (unpaired) electrons. The van der Waals surface area contributed by atoms with E-state index in [1.54, 1.807) is 0 Å². The van der Waals surface area contributed by atoms with Crippen molar-refractivity contribution in [2.24, 2.45) is 0 Å². The van der Waals surface area contributed by atoms with Crippen molar-refractivity contribution >= 4 is 109 Å². The number of pyridine rings is 2. The van der Waals surface area contributed by atoms with E-state index < -0.39 is 0 Å². The van der Waals surface area contributed by atoms with Gasteiger partial charge in [0, 0.05) is 88.8 Å². The Hall–Kier alpha value is -11.3. The van der Waals surface area contributed by atoms with Crippen LogP contribution in [0.5, 0.6) is 0 Å². The molecule has 11 aromatic carbocycles. The molecule has 0 saturated carbocycles. The minimum Gasteiger partial charge on any atom is -0.306 e. The van der Waals surface area contributed by atoms with Gasteiger partial charge in [-0.3, -0.25) is 9.13 Å². The molecule has 7 heterocycles. The molecule has 7 nitrogen and oxygen atoms in total. The number of benzene rings is 11. The largest absolute Gasteiger partial charge is 0.306 e. The monoisotopic (exact) mass is 1060 g/mol. The standard InChI is InChI=1S/C76H47N7/c1-3-21-50(22-4-1)79-70-41-39-48(45-62(70)58-31-19-43-77-75(58)79)60-47-61(49-40-42-71-63(46-49)59-32-20-44-78-76(59)80(71)51-23-5-2-6-24-51)73(82-66-35-15-9-27-54(66)55-28-10-16-36-67(55)82)74(83-68-37-17-11-29-56(68)57-30-12-18-38-69(57)83)72(60)81-64-33-13-7-25-52(64)53-26-8-14-34-65(53)81/h1-47H. The summed E-state index contributed by atoms with van der Waals surface area (Å²) in [7, 11) is 0. The van der Waals surface area contributed by atoms with Gasteiger partial charge < -0.3 is 13.7 Å². The molecule has 0 atom stereocenters. The number of hydrogen-bond donors (Lipinski definition) is 0. The maximum absolute atomic E-state index is 5.09. The zero-order valence-corrected chi connectivity index (χ0v) is 44.8. The molecule has 7 aromatic heterocycles. The fourth-order valence-corrected chi connectivity index (χ4v) is 13.9. The zero-order chi connectivity index (χ0) is 54.3. The van der Waals surface area contributed by atoms with Crippen LogP contribution >= 0.6 is 0 Å². The second-order valence-electron chi connectivity index (χ2n) is 21.7. The van der Waals surface area contributed by atoms with Crippen LogP contribution in [0.15, 0.2) is 285 Å². The quantitative estimate of drug-likeness (QED) is 0.160. The molecule has 386 valence electrons. The summed E-state index contributed by atoms with van der Waals surface area (Å²) in [6, 6.07) is 100. The summed E-state index contributed by atoms with van der Waals surface area (Å²) in [6.07, 6.45) is 3.81. The topological polar surface area (TPSA) is 50.4 Å².